The van der Waals surface area contributed by atoms with E-state index in [1.54, 1.807) is 0 Å². The quantitative estimate of drug-likeness (QED) is 0.254. The summed E-state index contributed by atoms with van der Waals surface area (Å²) in [6.07, 6.45) is 0. The van der Waals surface area contributed by atoms with Crippen molar-refractivity contribution in [1.82, 2.24) is 10.6 Å². The van der Waals surface area contributed by atoms with Crippen molar-refractivity contribution in [1.29, 1.82) is 0 Å². The number of rotatable bonds is 12. The van der Waals surface area contributed by atoms with Crippen molar-refractivity contribution >= 4 is 49.6 Å². The van der Waals surface area contributed by atoms with Crippen molar-refractivity contribution < 1.29 is 9.47 Å². The molecule has 212 valence electrons. The molecule has 2 aromatic carbocycles. The molecule has 0 atom stereocenters. The molecule has 0 saturated carbocycles. The van der Waals surface area contributed by atoms with Gasteiger partial charge in [-0.25, -0.2) is 0 Å². The van der Waals surface area contributed by atoms with Crippen LogP contribution in [0.25, 0.3) is 0 Å². The highest BCUT2D eigenvalue weighted by Gasteiger charge is 2.08. The predicted molar refractivity (Wildman–Crippen MR) is 166 cm³/mol. The second-order valence-corrected chi connectivity index (χ2v) is 10.6. The van der Waals surface area contributed by atoms with Crippen LogP contribution in [0.1, 0.15) is 52.7 Å². The molecule has 0 bridgehead atoms. The van der Waals surface area contributed by atoms with Crippen molar-refractivity contribution in [2.45, 2.75) is 54.8 Å². The largest absolute Gasteiger partial charge is 0.375 e. The lowest BCUT2D eigenvalue weighted by molar-refractivity contribution is 0.121. The van der Waals surface area contributed by atoms with E-state index in [-0.39, 0.29) is 49.6 Å². The van der Waals surface area contributed by atoms with Gasteiger partial charge in [-0.3, -0.25) is 0 Å². The van der Waals surface area contributed by atoms with E-state index < -0.39 is 0 Å². The summed E-state index contributed by atoms with van der Waals surface area (Å²) in [5.41, 5.74) is 3.16. The van der Waals surface area contributed by atoms with Gasteiger partial charge >= 0.3 is 0 Å². The first kappa shape index (κ1) is 42.5. The van der Waals surface area contributed by atoms with Crippen LogP contribution >= 0.6 is 49.6 Å². The Morgan fingerprint density at radius 3 is 1.11 bits per heavy atom. The Labute approximate surface area is 245 Å². The zero-order valence-electron chi connectivity index (χ0n) is 22.9. The average Bonchev–Trinajstić information content (AvgIpc) is 2.74. The molecular formula is C28H50Cl4N2O2. The fourth-order valence-electron chi connectivity index (χ4n) is 2.74. The molecule has 0 aliphatic rings. The lowest BCUT2D eigenvalue weighted by atomic mass is 9.97. The first-order valence-corrected chi connectivity index (χ1v) is 11.8. The third-order valence-corrected chi connectivity index (χ3v) is 4.38. The van der Waals surface area contributed by atoms with Gasteiger partial charge in [0, 0.05) is 26.2 Å². The summed E-state index contributed by atoms with van der Waals surface area (Å²) >= 11 is 0. The van der Waals surface area contributed by atoms with Gasteiger partial charge in [0.1, 0.15) is 0 Å². The van der Waals surface area contributed by atoms with E-state index in [2.05, 4.69) is 76.4 Å². The maximum atomic E-state index is 5.57. The minimum atomic E-state index is 0. The fraction of sp³-hybridized carbons (Fsp3) is 0.571. The van der Waals surface area contributed by atoms with Crippen LogP contribution in [-0.4, -0.2) is 39.4 Å². The van der Waals surface area contributed by atoms with Crippen LogP contribution in [0.2, 0.25) is 0 Å². The molecule has 0 amide bonds. The van der Waals surface area contributed by atoms with Gasteiger partial charge in [0.2, 0.25) is 0 Å². The van der Waals surface area contributed by atoms with Crippen LogP contribution in [0, 0.1) is 10.8 Å². The molecule has 0 aliphatic carbocycles. The van der Waals surface area contributed by atoms with Crippen molar-refractivity contribution in [3.8, 4) is 0 Å². The Morgan fingerprint density at radius 1 is 0.528 bits per heavy atom. The zero-order chi connectivity index (χ0) is 23.7. The number of ether oxygens (including phenoxy) is 2. The van der Waals surface area contributed by atoms with E-state index in [0.29, 0.717) is 24.0 Å². The minimum absolute atomic E-state index is 0. The highest BCUT2D eigenvalue weighted by atomic mass is 35.5. The number of hydrogen-bond donors (Lipinski definition) is 2. The van der Waals surface area contributed by atoms with Crippen LogP contribution in [0.5, 0.6) is 0 Å². The molecule has 2 aromatic rings. The van der Waals surface area contributed by atoms with E-state index in [0.717, 1.165) is 39.4 Å². The molecule has 0 aliphatic heterocycles. The molecule has 2 N–H and O–H groups in total. The van der Waals surface area contributed by atoms with Gasteiger partial charge in [-0.1, -0.05) is 102 Å². The van der Waals surface area contributed by atoms with E-state index in [1.807, 2.05) is 36.4 Å². The van der Waals surface area contributed by atoms with Gasteiger partial charge < -0.3 is 20.1 Å². The number of halogens is 4. The third kappa shape index (κ3) is 28.0. The third-order valence-electron chi connectivity index (χ3n) is 4.38. The molecule has 2 rings (SSSR count). The Kier molecular flexibility index (Phi) is 29.2. The molecule has 0 fully saturated rings. The Hall–Kier alpha value is -0.560. The van der Waals surface area contributed by atoms with Gasteiger partial charge in [-0.05, 0) is 22.0 Å². The second-order valence-electron chi connectivity index (χ2n) is 10.6. The molecule has 36 heavy (non-hydrogen) atoms. The molecule has 0 radical (unpaired) electrons. The normalized spacial score (nSPS) is 10.4. The average molecular weight is 589 g/mol. The second kappa shape index (κ2) is 24.8. The van der Waals surface area contributed by atoms with Crippen LogP contribution in [0.4, 0.5) is 0 Å². The van der Waals surface area contributed by atoms with E-state index >= 15 is 0 Å². The molecule has 0 spiro atoms. The van der Waals surface area contributed by atoms with Gasteiger partial charge in [-0.15, -0.1) is 49.6 Å². The van der Waals surface area contributed by atoms with Gasteiger partial charge in [0.05, 0.1) is 26.4 Å². The maximum absolute atomic E-state index is 5.57. The van der Waals surface area contributed by atoms with Crippen molar-refractivity contribution in [2.75, 3.05) is 39.4 Å². The van der Waals surface area contributed by atoms with Crippen molar-refractivity contribution in [2.24, 2.45) is 10.8 Å². The standard InChI is InChI=1S/2C14H23NO.4ClH/c2*1-14(2,3)12-15-9-10-16-11-13-7-5-4-6-8-13;;;;/h2*4-8,15H,9-12H2,1-3H3;4*1H. The smallest absolute Gasteiger partial charge is 0.0717 e. The summed E-state index contributed by atoms with van der Waals surface area (Å²) in [5, 5.41) is 6.77. The van der Waals surface area contributed by atoms with Crippen LogP contribution in [0.15, 0.2) is 60.7 Å². The van der Waals surface area contributed by atoms with E-state index in [4.69, 9.17) is 9.47 Å². The topological polar surface area (TPSA) is 42.5 Å². The highest BCUT2D eigenvalue weighted by Crippen LogP contribution is 2.10. The molecule has 0 heterocycles. The molecule has 0 saturated heterocycles. The summed E-state index contributed by atoms with van der Waals surface area (Å²) in [6.45, 7) is 20.2. The number of nitrogens with one attached hydrogen (secondary N) is 2. The lowest BCUT2D eigenvalue weighted by Gasteiger charge is -2.18. The van der Waals surface area contributed by atoms with Crippen LogP contribution in [-0.2, 0) is 22.7 Å². The summed E-state index contributed by atoms with van der Waals surface area (Å²) in [6, 6.07) is 20.5. The summed E-state index contributed by atoms with van der Waals surface area (Å²) in [4.78, 5) is 0. The summed E-state index contributed by atoms with van der Waals surface area (Å²) in [5.74, 6) is 0. The SMILES string of the molecule is CC(C)(C)CNCCOCc1ccccc1.CC(C)(C)CNCCOCc1ccccc1.Cl.Cl.Cl.Cl. The van der Waals surface area contributed by atoms with E-state index in [1.165, 1.54) is 11.1 Å². The Balaban J connectivity index is -0.000000256. The van der Waals surface area contributed by atoms with Gasteiger partial charge in [0.15, 0.2) is 0 Å². The molecular weight excluding hydrogens is 538 g/mol. The fourth-order valence-corrected chi connectivity index (χ4v) is 2.74. The number of hydrogen-bond acceptors (Lipinski definition) is 4. The minimum Gasteiger partial charge on any atom is -0.375 e. The molecule has 0 unspecified atom stereocenters. The number of benzene rings is 2. The molecule has 4 nitrogen and oxygen atoms in total. The Bertz CT molecular complexity index is 633. The zero-order valence-corrected chi connectivity index (χ0v) is 26.1. The Morgan fingerprint density at radius 2 is 0.833 bits per heavy atom. The first-order valence-electron chi connectivity index (χ1n) is 11.8. The lowest BCUT2D eigenvalue weighted by Crippen LogP contribution is -2.29. The van der Waals surface area contributed by atoms with E-state index in [9.17, 15) is 0 Å². The predicted octanol–water partition coefficient (Wildman–Crippen LogP) is 7.37. The maximum Gasteiger partial charge on any atom is 0.0717 e. The summed E-state index contributed by atoms with van der Waals surface area (Å²) in [7, 11) is 0. The molecule has 8 heteroatoms. The highest BCUT2D eigenvalue weighted by molar-refractivity contribution is 5.86. The van der Waals surface area contributed by atoms with Crippen LogP contribution in [0.3, 0.4) is 0 Å². The van der Waals surface area contributed by atoms with Gasteiger partial charge in [-0.2, -0.15) is 0 Å². The molecule has 0 aromatic heterocycles. The summed E-state index contributed by atoms with van der Waals surface area (Å²) < 4.78 is 11.1. The van der Waals surface area contributed by atoms with Crippen LogP contribution < -0.4 is 10.6 Å². The van der Waals surface area contributed by atoms with Crippen molar-refractivity contribution in [3.05, 3.63) is 71.8 Å². The van der Waals surface area contributed by atoms with Gasteiger partial charge in [0.25, 0.3) is 0 Å². The monoisotopic (exact) mass is 586 g/mol. The van der Waals surface area contributed by atoms with Crippen molar-refractivity contribution in [3.63, 3.8) is 0 Å². The first-order chi connectivity index (χ1) is 15.2.